The van der Waals surface area contributed by atoms with E-state index in [9.17, 15) is 4.79 Å². The number of hydrogen-bond acceptors (Lipinski definition) is 2. The Morgan fingerprint density at radius 3 is 2.48 bits per heavy atom. The van der Waals surface area contributed by atoms with Gasteiger partial charge >= 0.3 is 6.03 Å². The van der Waals surface area contributed by atoms with Gasteiger partial charge in [0, 0.05) is 38.8 Å². The van der Waals surface area contributed by atoms with Crippen LogP contribution in [-0.2, 0) is 6.54 Å². The van der Waals surface area contributed by atoms with Crippen molar-refractivity contribution in [2.24, 2.45) is 0 Å². The van der Waals surface area contributed by atoms with Gasteiger partial charge in [0.05, 0.1) is 0 Å². The molecule has 2 aliphatic rings. The van der Waals surface area contributed by atoms with E-state index in [0.29, 0.717) is 6.04 Å². The van der Waals surface area contributed by atoms with Crippen LogP contribution < -0.4 is 5.32 Å². The van der Waals surface area contributed by atoms with Crippen molar-refractivity contribution in [3.8, 4) is 0 Å². The molecule has 0 unspecified atom stereocenters. The molecular formula is C19H29N3O. The number of nitrogens with zero attached hydrogens (tertiary/aromatic N) is 2. The fourth-order valence-corrected chi connectivity index (χ4v) is 3.65. The number of aryl methyl sites for hydroxylation is 1. The van der Waals surface area contributed by atoms with E-state index in [0.717, 1.165) is 45.6 Å². The van der Waals surface area contributed by atoms with E-state index in [1.165, 1.54) is 30.4 Å². The van der Waals surface area contributed by atoms with Crippen LogP contribution in [0, 0.1) is 6.92 Å². The smallest absolute Gasteiger partial charge is 0.317 e. The molecule has 1 N–H and O–H groups in total. The molecule has 0 atom stereocenters. The highest BCUT2D eigenvalue weighted by atomic mass is 16.2. The summed E-state index contributed by atoms with van der Waals surface area (Å²) in [6.07, 6.45) is 6.15. The van der Waals surface area contributed by atoms with Crippen LogP contribution in [0.15, 0.2) is 24.3 Å². The van der Waals surface area contributed by atoms with E-state index in [-0.39, 0.29) is 6.03 Å². The minimum absolute atomic E-state index is 0.146. The minimum Gasteiger partial charge on any atom is -0.335 e. The highest BCUT2D eigenvalue weighted by Crippen LogP contribution is 2.18. The number of amides is 2. The maximum atomic E-state index is 12.4. The second kappa shape index (κ2) is 7.82. The zero-order valence-electron chi connectivity index (χ0n) is 14.3. The van der Waals surface area contributed by atoms with Gasteiger partial charge in [-0.15, -0.1) is 0 Å². The maximum absolute atomic E-state index is 12.4. The number of rotatable bonds is 3. The molecule has 0 radical (unpaired) electrons. The fraction of sp³-hybridized carbons (Fsp3) is 0.632. The van der Waals surface area contributed by atoms with Crippen molar-refractivity contribution < 1.29 is 4.79 Å². The first-order valence-corrected chi connectivity index (χ1v) is 9.04. The van der Waals surface area contributed by atoms with E-state index in [1.807, 2.05) is 4.90 Å². The van der Waals surface area contributed by atoms with Crippen LogP contribution in [0.4, 0.5) is 4.79 Å². The summed E-state index contributed by atoms with van der Waals surface area (Å²) in [6.45, 7) is 6.77. The number of piperazine rings is 1. The number of urea groups is 1. The number of carbonyl (C=O) groups excluding carboxylic acids is 1. The van der Waals surface area contributed by atoms with Crippen molar-refractivity contribution in [1.82, 2.24) is 15.1 Å². The molecule has 126 valence electrons. The Morgan fingerprint density at radius 2 is 1.78 bits per heavy atom. The normalized spacial score (nSPS) is 20.5. The molecule has 2 amide bonds. The molecule has 1 aromatic carbocycles. The Morgan fingerprint density at radius 1 is 1.09 bits per heavy atom. The van der Waals surface area contributed by atoms with Gasteiger partial charge in [0.1, 0.15) is 0 Å². The van der Waals surface area contributed by atoms with Crippen molar-refractivity contribution in [3.63, 3.8) is 0 Å². The summed E-state index contributed by atoms with van der Waals surface area (Å²) in [7, 11) is 0. The molecule has 1 saturated heterocycles. The summed E-state index contributed by atoms with van der Waals surface area (Å²) < 4.78 is 0. The summed E-state index contributed by atoms with van der Waals surface area (Å²) in [5.74, 6) is 0. The van der Waals surface area contributed by atoms with E-state index in [2.05, 4.69) is 41.4 Å². The lowest BCUT2D eigenvalue weighted by Crippen LogP contribution is -2.53. The lowest BCUT2D eigenvalue weighted by atomic mass is 9.96. The Bertz CT molecular complexity index is 517. The molecular weight excluding hydrogens is 286 g/mol. The molecule has 1 aliphatic heterocycles. The van der Waals surface area contributed by atoms with Gasteiger partial charge in [0.25, 0.3) is 0 Å². The van der Waals surface area contributed by atoms with Crippen LogP contribution in [0.1, 0.15) is 43.2 Å². The highest BCUT2D eigenvalue weighted by Gasteiger charge is 2.23. The summed E-state index contributed by atoms with van der Waals surface area (Å²) in [6, 6.07) is 9.12. The van der Waals surface area contributed by atoms with Gasteiger partial charge in [0.2, 0.25) is 0 Å². The monoisotopic (exact) mass is 315 g/mol. The molecule has 23 heavy (non-hydrogen) atoms. The van der Waals surface area contributed by atoms with Gasteiger partial charge in [-0.25, -0.2) is 4.79 Å². The molecule has 1 aliphatic carbocycles. The van der Waals surface area contributed by atoms with E-state index >= 15 is 0 Å². The van der Waals surface area contributed by atoms with Gasteiger partial charge in [-0.05, 0) is 30.9 Å². The first-order valence-electron chi connectivity index (χ1n) is 9.04. The third-order valence-electron chi connectivity index (χ3n) is 5.25. The third-order valence-corrected chi connectivity index (χ3v) is 5.25. The van der Waals surface area contributed by atoms with Crippen molar-refractivity contribution in [2.75, 3.05) is 26.2 Å². The fourth-order valence-electron chi connectivity index (χ4n) is 3.65. The van der Waals surface area contributed by atoms with Crippen LogP contribution in [0.3, 0.4) is 0 Å². The predicted octanol–water partition coefficient (Wildman–Crippen LogP) is 3.15. The standard InChI is InChI=1S/C19H29N3O/c1-16-7-5-6-8-17(16)15-21-11-13-22(14-12-21)19(23)20-18-9-3-2-4-10-18/h5-8,18H,2-4,9-15H2,1H3,(H,20,23). The highest BCUT2D eigenvalue weighted by molar-refractivity contribution is 5.74. The average molecular weight is 315 g/mol. The van der Waals surface area contributed by atoms with Crippen molar-refractivity contribution in [1.29, 1.82) is 0 Å². The van der Waals surface area contributed by atoms with Crippen LogP contribution in [0.25, 0.3) is 0 Å². The largest absolute Gasteiger partial charge is 0.335 e. The van der Waals surface area contributed by atoms with Crippen molar-refractivity contribution in [3.05, 3.63) is 35.4 Å². The lowest BCUT2D eigenvalue weighted by molar-refractivity contribution is 0.132. The maximum Gasteiger partial charge on any atom is 0.317 e. The summed E-state index contributed by atoms with van der Waals surface area (Å²) in [5.41, 5.74) is 2.75. The molecule has 0 spiro atoms. The van der Waals surface area contributed by atoms with Crippen LogP contribution >= 0.6 is 0 Å². The number of benzene rings is 1. The van der Waals surface area contributed by atoms with Gasteiger partial charge in [-0.3, -0.25) is 4.90 Å². The van der Waals surface area contributed by atoms with Crippen LogP contribution in [-0.4, -0.2) is 48.1 Å². The van der Waals surface area contributed by atoms with Crippen LogP contribution in [0.5, 0.6) is 0 Å². The van der Waals surface area contributed by atoms with Gasteiger partial charge in [-0.2, -0.15) is 0 Å². The minimum atomic E-state index is 0.146. The zero-order valence-corrected chi connectivity index (χ0v) is 14.3. The SMILES string of the molecule is Cc1ccccc1CN1CCN(C(=O)NC2CCCCC2)CC1. The van der Waals surface area contributed by atoms with Gasteiger partial charge in [0.15, 0.2) is 0 Å². The average Bonchev–Trinajstić information content (AvgIpc) is 2.58. The second-order valence-electron chi connectivity index (χ2n) is 6.97. The Labute approximate surface area is 139 Å². The summed E-state index contributed by atoms with van der Waals surface area (Å²) >= 11 is 0. The first kappa shape index (κ1) is 16.3. The zero-order chi connectivity index (χ0) is 16.1. The van der Waals surface area contributed by atoms with E-state index in [4.69, 9.17) is 0 Å². The molecule has 4 nitrogen and oxygen atoms in total. The number of nitrogens with one attached hydrogen (secondary N) is 1. The lowest BCUT2D eigenvalue weighted by Gasteiger charge is -2.36. The molecule has 1 saturated carbocycles. The van der Waals surface area contributed by atoms with Crippen molar-refractivity contribution >= 4 is 6.03 Å². The molecule has 0 aromatic heterocycles. The van der Waals surface area contributed by atoms with E-state index in [1.54, 1.807) is 0 Å². The van der Waals surface area contributed by atoms with Gasteiger partial charge in [-0.1, -0.05) is 43.5 Å². The molecule has 1 aromatic rings. The molecule has 4 heteroatoms. The Kier molecular flexibility index (Phi) is 5.55. The quantitative estimate of drug-likeness (QED) is 0.930. The Hall–Kier alpha value is -1.55. The summed E-state index contributed by atoms with van der Waals surface area (Å²) in [4.78, 5) is 16.8. The summed E-state index contributed by atoms with van der Waals surface area (Å²) in [5, 5.41) is 3.23. The first-order chi connectivity index (χ1) is 11.2. The van der Waals surface area contributed by atoms with Crippen molar-refractivity contribution in [2.45, 2.75) is 51.6 Å². The molecule has 1 heterocycles. The van der Waals surface area contributed by atoms with Crippen LogP contribution in [0.2, 0.25) is 0 Å². The Balaban J connectivity index is 1.44. The molecule has 0 bridgehead atoms. The predicted molar refractivity (Wildman–Crippen MR) is 93.4 cm³/mol. The molecule has 3 rings (SSSR count). The molecule has 2 fully saturated rings. The van der Waals surface area contributed by atoms with E-state index < -0.39 is 0 Å². The third kappa shape index (κ3) is 4.47. The van der Waals surface area contributed by atoms with Gasteiger partial charge < -0.3 is 10.2 Å². The second-order valence-corrected chi connectivity index (χ2v) is 6.97. The number of hydrogen-bond donors (Lipinski definition) is 1. The topological polar surface area (TPSA) is 35.6 Å². The number of carbonyl (C=O) groups is 1.